The first-order chi connectivity index (χ1) is 7.42. The monoisotopic (exact) mass is 202 g/mol. The van der Waals surface area contributed by atoms with Gasteiger partial charge in [-0.25, -0.2) is 0 Å². The molecule has 0 amide bonds. The van der Waals surface area contributed by atoms with Crippen molar-refractivity contribution in [2.24, 2.45) is 0 Å². The van der Waals surface area contributed by atoms with Gasteiger partial charge in [-0.2, -0.15) is 10.2 Å². The van der Waals surface area contributed by atoms with E-state index in [0.717, 1.165) is 29.7 Å². The predicted molar refractivity (Wildman–Crippen MR) is 62.0 cm³/mol. The fraction of sp³-hybridized carbons (Fsp3) is 0.273. The Balaban J connectivity index is 2.26. The predicted octanol–water partition coefficient (Wildman–Crippen LogP) is 1.26. The maximum Gasteiger partial charge on any atom is 0.0950 e. The Morgan fingerprint density at radius 2 is 2.07 bits per heavy atom. The third-order valence-corrected chi connectivity index (χ3v) is 2.24. The zero-order chi connectivity index (χ0) is 10.5. The van der Waals surface area contributed by atoms with Crippen molar-refractivity contribution in [3.63, 3.8) is 0 Å². The molecule has 4 nitrogen and oxygen atoms in total. The molecule has 1 heterocycles. The van der Waals surface area contributed by atoms with Gasteiger partial charge in [0, 0.05) is 18.5 Å². The minimum atomic E-state index is 0.881. The second-order valence-electron chi connectivity index (χ2n) is 3.31. The van der Waals surface area contributed by atoms with E-state index in [2.05, 4.69) is 20.8 Å². The molecule has 0 bridgehead atoms. The fourth-order valence-electron chi connectivity index (χ4n) is 1.47. The molecule has 2 rings (SSSR count). The van der Waals surface area contributed by atoms with Crippen LogP contribution in [0.3, 0.4) is 0 Å². The first-order valence-electron chi connectivity index (χ1n) is 5.00. The first kappa shape index (κ1) is 9.86. The summed E-state index contributed by atoms with van der Waals surface area (Å²) in [6, 6.07) is 7.99. The summed E-state index contributed by atoms with van der Waals surface area (Å²) in [5.74, 6) is 0. The first-order valence-corrected chi connectivity index (χ1v) is 5.00. The molecule has 0 saturated carbocycles. The second-order valence-corrected chi connectivity index (χ2v) is 3.31. The van der Waals surface area contributed by atoms with Crippen LogP contribution in [0.2, 0.25) is 0 Å². The standard InChI is InChI=1S/C11H14N4/c1-12-6-7-13-11-8-14-15-10-5-3-2-4-9(10)11/h2-5,8,12H,6-7H2,1H3,(H,13,15). The Labute approximate surface area is 88.7 Å². The summed E-state index contributed by atoms with van der Waals surface area (Å²) in [5.41, 5.74) is 1.96. The SMILES string of the molecule is CNCCNc1cnnc2ccccc12. The molecule has 0 fully saturated rings. The normalized spacial score (nSPS) is 10.5. The molecule has 1 aromatic carbocycles. The molecule has 2 aromatic rings. The number of nitrogens with one attached hydrogen (secondary N) is 2. The number of aromatic nitrogens is 2. The number of hydrogen-bond acceptors (Lipinski definition) is 4. The molecule has 15 heavy (non-hydrogen) atoms. The van der Waals surface area contributed by atoms with Gasteiger partial charge in [0.1, 0.15) is 0 Å². The average Bonchev–Trinajstić information content (AvgIpc) is 2.30. The summed E-state index contributed by atoms with van der Waals surface area (Å²) >= 11 is 0. The average molecular weight is 202 g/mol. The highest BCUT2D eigenvalue weighted by atomic mass is 15.1. The van der Waals surface area contributed by atoms with Crippen LogP contribution >= 0.6 is 0 Å². The van der Waals surface area contributed by atoms with Crippen LogP contribution in [-0.4, -0.2) is 30.3 Å². The zero-order valence-electron chi connectivity index (χ0n) is 8.70. The molecule has 2 N–H and O–H groups in total. The molecule has 0 radical (unpaired) electrons. The van der Waals surface area contributed by atoms with Crippen LogP contribution < -0.4 is 10.6 Å². The van der Waals surface area contributed by atoms with Gasteiger partial charge in [0.15, 0.2) is 0 Å². The van der Waals surface area contributed by atoms with E-state index in [-0.39, 0.29) is 0 Å². The number of fused-ring (bicyclic) bond motifs is 1. The number of nitrogens with zero attached hydrogens (tertiary/aromatic N) is 2. The minimum absolute atomic E-state index is 0.881. The van der Waals surface area contributed by atoms with E-state index in [1.807, 2.05) is 31.3 Å². The second kappa shape index (κ2) is 4.70. The van der Waals surface area contributed by atoms with Crippen molar-refractivity contribution in [1.29, 1.82) is 0 Å². The van der Waals surface area contributed by atoms with E-state index >= 15 is 0 Å². The molecular weight excluding hydrogens is 188 g/mol. The smallest absolute Gasteiger partial charge is 0.0950 e. The van der Waals surface area contributed by atoms with E-state index in [1.165, 1.54) is 0 Å². The lowest BCUT2D eigenvalue weighted by molar-refractivity contribution is 0.823. The van der Waals surface area contributed by atoms with Crippen LogP contribution in [0.15, 0.2) is 30.5 Å². The number of hydrogen-bond donors (Lipinski definition) is 2. The lowest BCUT2D eigenvalue weighted by atomic mass is 10.2. The van der Waals surface area contributed by atoms with E-state index in [1.54, 1.807) is 6.20 Å². The fourth-order valence-corrected chi connectivity index (χ4v) is 1.47. The van der Waals surface area contributed by atoms with Gasteiger partial charge in [-0.05, 0) is 13.1 Å². The Hall–Kier alpha value is -1.68. The number of benzene rings is 1. The minimum Gasteiger partial charge on any atom is -0.382 e. The maximum absolute atomic E-state index is 4.06. The quantitative estimate of drug-likeness (QED) is 0.733. The van der Waals surface area contributed by atoms with Gasteiger partial charge in [-0.3, -0.25) is 0 Å². The summed E-state index contributed by atoms with van der Waals surface area (Å²) < 4.78 is 0. The topological polar surface area (TPSA) is 49.8 Å². The van der Waals surface area contributed by atoms with Crippen LogP contribution in [0.4, 0.5) is 5.69 Å². The van der Waals surface area contributed by atoms with Crippen molar-refractivity contribution >= 4 is 16.6 Å². The van der Waals surface area contributed by atoms with Crippen molar-refractivity contribution < 1.29 is 0 Å². The summed E-state index contributed by atoms with van der Waals surface area (Å²) in [5, 5.41) is 15.5. The van der Waals surface area contributed by atoms with Gasteiger partial charge in [-0.1, -0.05) is 18.2 Å². The molecular formula is C11H14N4. The van der Waals surface area contributed by atoms with Crippen molar-refractivity contribution in [3.05, 3.63) is 30.5 Å². The molecule has 0 aliphatic heterocycles. The van der Waals surface area contributed by atoms with Crippen molar-refractivity contribution in [2.75, 3.05) is 25.5 Å². The maximum atomic E-state index is 4.06. The number of rotatable bonds is 4. The highest BCUT2D eigenvalue weighted by Gasteiger charge is 2.00. The van der Waals surface area contributed by atoms with Crippen molar-refractivity contribution in [2.45, 2.75) is 0 Å². The summed E-state index contributed by atoms with van der Waals surface area (Å²) in [6.07, 6.45) is 1.76. The molecule has 0 saturated heterocycles. The summed E-state index contributed by atoms with van der Waals surface area (Å²) in [4.78, 5) is 0. The number of likely N-dealkylation sites (N-methyl/N-ethyl adjacent to an activating group) is 1. The van der Waals surface area contributed by atoms with Crippen LogP contribution in [0.1, 0.15) is 0 Å². The van der Waals surface area contributed by atoms with E-state index in [4.69, 9.17) is 0 Å². The zero-order valence-corrected chi connectivity index (χ0v) is 8.70. The summed E-state index contributed by atoms with van der Waals surface area (Å²) in [6.45, 7) is 1.81. The molecule has 78 valence electrons. The van der Waals surface area contributed by atoms with Crippen molar-refractivity contribution in [3.8, 4) is 0 Å². The van der Waals surface area contributed by atoms with E-state index in [9.17, 15) is 0 Å². The molecule has 0 spiro atoms. The highest BCUT2D eigenvalue weighted by molar-refractivity contribution is 5.90. The van der Waals surface area contributed by atoms with Crippen LogP contribution in [0, 0.1) is 0 Å². The summed E-state index contributed by atoms with van der Waals surface area (Å²) in [7, 11) is 1.94. The lowest BCUT2D eigenvalue weighted by Gasteiger charge is -2.07. The molecule has 1 aromatic heterocycles. The van der Waals surface area contributed by atoms with Gasteiger partial charge < -0.3 is 10.6 Å². The molecule has 0 atom stereocenters. The Bertz CT molecular complexity index is 436. The van der Waals surface area contributed by atoms with Crippen LogP contribution in [-0.2, 0) is 0 Å². The van der Waals surface area contributed by atoms with Crippen molar-refractivity contribution in [1.82, 2.24) is 15.5 Å². The highest BCUT2D eigenvalue weighted by Crippen LogP contribution is 2.18. The van der Waals surface area contributed by atoms with Gasteiger partial charge in [0.25, 0.3) is 0 Å². The Morgan fingerprint density at radius 1 is 1.20 bits per heavy atom. The Kier molecular flexibility index (Phi) is 3.09. The third-order valence-electron chi connectivity index (χ3n) is 2.24. The van der Waals surface area contributed by atoms with Gasteiger partial charge in [0.2, 0.25) is 0 Å². The van der Waals surface area contributed by atoms with Gasteiger partial charge in [0.05, 0.1) is 17.4 Å². The Morgan fingerprint density at radius 3 is 2.93 bits per heavy atom. The largest absolute Gasteiger partial charge is 0.382 e. The molecule has 0 aliphatic rings. The van der Waals surface area contributed by atoms with Crippen LogP contribution in [0.25, 0.3) is 10.9 Å². The molecule has 0 unspecified atom stereocenters. The van der Waals surface area contributed by atoms with Crippen LogP contribution in [0.5, 0.6) is 0 Å². The van der Waals surface area contributed by atoms with Gasteiger partial charge in [-0.15, -0.1) is 0 Å². The van der Waals surface area contributed by atoms with E-state index < -0.39 is 0 Å². The third kappa shape index (κ3) is 2.22. The lowest BCUT2D eigenvalue weighted by Crippen LogP contribution is -2.17. The number of anilines is 1. The van der Waals surface area contributed by atoms with E-state index in [0.29, 0.717) is 0 Å². The molecule has 4 heteroatoms. The molecule has 0 aliphatic carbocycles. The van der Waals surface area contributed by atoms with Gasteiger partial charge >= 0.3 is 0 Å².